The van der Waals surface area contributed by atoms with E-state index in [2.05, 4.69) is 39.6 Å². The number of aliphatic carboxylic acids is 1. The van der Waals surface area contributed by atoms with Gasteiger partial charge in [0.1, 0.15) is 18.2 Å². The molecule has 4 rings (SSSR count). The summed E-state index contributed by atoms with van der Waals surface area (Å²) in [5.41, 5.74) is 2.78. The first kappa shape index (κ1) is 17.7. The maximum absolute atomic E-state index is 10.9. The monoisotopic (exact) mass is 368 g/mol. The van der Waals surface area contributed by atoms with Crippen LogP contribution in [0.5, 0.6) is 5.88 Å². The molecule has 2 heterocycles. The summed E-state index contributed by atoms with van der Waals surface area (Å²) in [6, 6.07) is 10.7. The first-order valence-electron chi connectivity index (χ1n) is 9.42. The second-order valence-electron chi connectivity index (χ2n) is 7.27. The number of likely N-dealkylation sites (tertiary alicyclic amines) is 1. The lowest BCUT2D eigenvalue weighted by atomic mass is 10.1. The number of aromatic nitrogens is 2. The van der Waals surface area contributed by atoms with Crippen LogP contribution in [0.25, 0.3) is 0 Å². The molecule has 1 aromatic carbocycles. The Kier molecular flexibility index (Phi) is 5.20. The van der Waals surface area contributed by atoms with Crippen molar-refractivity contribution in [1.29, 1.82) is 0 Å². The predicted molar refractivity (Wildman–Crippen MR) is 101 cm³/mol. The summed E-state index contributed by atoms with van der Waals surface area (Å²) in [5.74, 6) is 0.489. The highest BCUT2D eigenvalue weighted by Crippen LogP contribution is 2.25. The molecule has 0 bridgehead atoms. The fourth-order valence-electron chi connectivity index (χ4n) is 3.97. The van der Waals surface area contributed by atoms with Gasteiger partial charge >= 0.3 is 5.97 Å². The number of fused-ring (bicyclic) bond motifs is 1. The van der Waals surface area contributed by atoms with Crippen LogP contribution in [0.3, 0.4) is 0 Å². The van der Waals surface area contributed by atoms with Gasteiger partial charge in [0.25, 0.3) is 0 Å². The summed E-state index contributed by atoms with van der Waals surface area (Å²) in [6.45, 7) is 1.46. The molecule has 2 aliphatic rings. The quantitative estimate of drug-likeness (QED) is 0.806. The molecular formula is C20H24N4O3. The number of hydrogen-bond donors (Lipinski definition) is 2. The molecule has 1 aromatic heterocycles. The van der Waals surface area contributed by atoms with Crippen molar-refractivity contribution in [2.24, 2.45) is 0 Å². The normalized spacial score (nSPS) is 20.2. The number of carboxylic acid groups (broad SMARTS) is 1. The van der Waals surface area contributed by atoms with Crippen molar-refractivity contribution in [2.75, 3.05) is 25.0 Å². The highest BCUT2D eigenvalue weighted by atomic mass is 16.5. The molecule has 1 unspecified atom stereocenters. The molecule has 7 heteroatoms. The molecule has 1 aliphatic heterocycles. The molecule has 142 valence electrons. The smallest absolute Gasteiger partial charge is 0.317 e. The van der Waals surface area contributed by atoms with Gasteiger partial charge in [-0.3, -0.25) is 9.69 Å². The van der Waals surface area contributed by atoms with Gasteiger partial charge in [-0.1, -0.05) is 24.3 Å². The van der Waals surface area contributed by atoms with E-state index in [4.69, 9.17) is 9.84 Å². The van der Waals surface area contributed by atoms with Gasteiger partial charge in [0.2, 0.25) is 5.88 Å². The van der Waals surface area contributed by atoms with Crippen LogP contribution in [0.4, 0.5) is 5.82 Å². The van der Waals surface area contributed by atoms with Gasteiger partial charge in [-0.15, -0.1) is 0 Å². The van der Waals surface area contributed by atoms with Crippen molar-refractivity contribution < 1.29 is 14.6 Å². The Morgan fingerprint density at radius 3 is 2.78 bits per heavy atom. The number of benzene rings is 1. The maximum atomic E-state index is 10.9. The van der Waals surface area contributed by atoms with Crippen molar-refractivity contribution >= 4 is 11.8 Å². The van der Waals surface area contributed by atoms with E-state index in [9.17, 15) is 4.79 Å². The lowest BCUT2D eigenvalue weighted by Crippen LogP contribution is -2.43. The predicted octanol–water partition coefficient (Wildman–Crippen LogP) is 1.98. The fourth-order valence-corrected chi connectivity index (χ4v) is 3.97. The van der Waals surface area contributed by atoms with E-state index < -0.39 is 5.97 Å². The molecule has 7 nitrogen and oxygen atoms in total. The van der Waals surface area contributed by atoms with Crippen LogP contribution >= 0.6 is 0 Å². The molecule has 1 saturated heterocycles. The number of hydrogen-bond acceptors (Lipinski definition) is 6. The number of nitrogens with one attached hydrogen (secondary N) is 1. The number of piperidine rings is 1. The average molecular weight is 368 g/mol. The lowest BCUT2D eigenvalue weighted by Gasteiger charge is -2.31. The van der Waals surface area contributed by atoms with Crippen LogP contribution in [-0.4, -0.2) is 57.7 Å². The Morgan fingerprint density at radius 2 is 2.04 bits per heavy atom. The summed E-state index contributed by atoms with van der Waals surface area (Å²) < 4.78 is 6.01. The van der Waals surface area contributed by atoms with Crippen LogP contribution in [-0.2, 0) is 17.6 Å². The van der Waals surface area contributed by atoms with E-state index in [1.54, 1.807) is 0 Å². The van der Waals surface area contributed by atoms with Gasteiger partial charge in [0, 0.05) is 18.7 Å². The van der Waals surface area contributed by atoms with Gasteiger partial charge in [0.05, 0.1) is 6.54 Å². The Hall–Kier alpha value is -2.67. The maximum Gasteiger partial charge on any atom is 0.317 e. The molecular weight excluding hydrogens is 344 g/mol. The third-order valence-corrected chi connectivity index (χ3v) is 5.15. The molecule has 1 atom stereocenters. The molecule has 2 N–H and O–H groups in total. The van der Waals surface area contributed by atoms with E-state index in [1.165, 1.54) is 17.5 Å². The zero-order valence-corrected chi connectivity index (χ0v) is 15.2. The second-order valence-corrected chi connectivity index (χ2v) is 7.27. The largest absolute Gasteiger partial charge is 0.480 e. The molecule has 0 amide bonds. The summed E-state index contributed by atoms with van der Waals surface area (Å²) >= 11 is 0. The molecule has 27 heavy (non-hydrogen) atoms. The second kappa shape index (κ2) is 7.92. The molecule has 1 fully saturated rings. The Bertz CT molecular complexity index is 788. The summed E-state index contributed by atoms with van der Waals surface area (Å²) in [6.07, 6.45) is 5.27. The molecule has 2 aromatic rings. The van der Waals surface area contributed by atoms with Crippen molar-refractivity contribution in [2.45, 2.75) is 37.8 Å². The molecule has 1 aliphatic carbocycles. The SMILES string of the molecule is O=C(O)CN1CCCC(Oc2cc(NC3Cc4ccccc4C3)ncn2)C1. The lowest BCUT2D eigenvalue weighted by molar-refractivity contribution is -0.138. The highest BCUT2D eigenvalue weighted by Gasteiger charge is 2.24. The van der Waals surface area contributed by atoms with E-state index in [1.807, 2.05) is 11.0 Å². The Morgan fingerprint density at radius 1 is 1.26 bits per heavy atom. The minimum atomic E-state index is -0.804. The minimum absolute atomic E-state index is 0.0448. The van der Waals surface area contributed by atoms with Crippen molar-refractivity contribution in [3.8, 4) is 5.88 Å². The Balaban J connectivity index is 1.35. The number of rotatable bonds is 6. The standard InChI is InChI=1S/C20H24N4O3/c25-20(26)12-24-7-3-6-17(11-24)27-19-10-18(21-13-22-19)23-16-8-14-4-1-2-5-15(14)9-16/h1-2,4-5,10,13,16-17H,3,6-9,11-12H2,(H,25,26)(H,21,22,23). The number of ether oxygens (including phenoxy) is 1. The highest BCUT2D eigenvalue weighted by molar-refractivity contribution is 5.69. The minimum Gasteiger partial charge on any atom is -0.480 e. The van der Waals surface area contributed by atoms with Crippen LogP contribution < -0.4 is 10.1 Å². The van der Waals surface area contributed by atoms with Gasteiger partial charge in [-0.2, -0.15) is 0 Å². The van der Waals surface area contributed by atoms with Crippen LogP contribution in [0.2, 0.25) is 0 Å². The topological polar surface area (TPSA) is 87.6 Å². The van der Waals surface area contributed by atoms with Crippen molar-refractivity contribution in [3.05, 3.63) is 47.8 Å². The van der Waals surface area contributed by atoms with Gasteiger partial charge in [0.15, 0.2) is 0 Å². The van der Waals surface area contributed by atoms with Gasteiger partial charge < -0.3 is 15.2 Å². The number of anilines is 1. The van der Waals surface area contributed by atoms with Crippen LogP contribution in [0.15, 0.2) is 36.7 Å². The van der Waals surface area contributed by atoms with Gasteiger partial charge in [-0.25, -0.2) is 9.97 Å². The van der Waals surface area contributed by atoms with E-state index in [0.717, 1.165) is 38.0 Å². The molecule has 0 radical (unpaired) electrons. The van der Waals surface area contributed by atoms with E-state index in [0.29, 0.717) is 18.5 Å². The number of nitrogens with zero attached hydrogens (tertiary/aromatic N) is 3. The summed E-state index contributed by atoms with van der Waals surface area (Å²) in [4.78, 5) is 21.4. The third-order valence-electron chi connectivity index (χ3n) is 5.15. The first-order valence-corrected chi connectivity index (χ1v) is 9.42. The number of carbonyl (C=O) groups is 1. The van der Waals surface area contributed by atoms with E-state index >= 15 is 0 Å². The average Bonchev–Trinajstić information content (AvgIpc) is 3.04. The van der Waals surface area contributed by atoms with Crippen LogP contribution in [0, 0.1) is 0 Å². The Labute approximate surface area is 158 Å². The molecule has 0 spiro atoms. The number of carboxylic acids is 1. The fraction of sp³-hybridized carbons (Fsp3) is 0.450. The zero-order chi connectivity index (χ0) is 18.6. The van der Waals surface area contributed by atoms with Gasteiger partial charge in [-0.05, 0) is 43.4 Å². The zero-order valence-electron chi connectivity index (χ0n) is 15.2. The van der Waals surface area contributed by atoms with Crippen molar-refractivity contribution in [3.63, 3.8) is 0 Å². The first-order chi connectivity index (χ1) is 13.2. The summed E-state index contributed by atoms with van der Waals surface area (Å²) in [5, 5.41) is 12.4. The van der Waals surface area contributed by atoms with Crippen LogP contribution in [0.1, 0.15) is 24.0 Å². The summed E-state index contributed by atoms with van der Waals surface area (Å²) in [7, 11) is 0. The van der Waals surface area contributed by atoms with Crippen molar-refractivity contribution in [1.82, 2.24) is 14.9 Å². The molecule has 0 saturated carbocycles. The van der Waals surface area contributed by atoms with E-state index in [-0.39, 0.29) is 12.6 Å². The third kappa shape index (κ3) is 4.54.